The van der Waals surface area contributed by atoms with E-state index in [1.165, 1.54) is 7.11 Å². The standard InChI is InChI=1S/C15H17NO4/c1-16-9-12(14(17)6-7-19-2)11-8-10(15(18)20-3)4-5-13(11)16/h4-5,8-9H,6-7H2,1-3H3. The molecule has 0 saturated carbocycles. The van der Waals surface area contributed by atoms with Gasteiger partial charge < -0.3 is 14.0 Å². The Balaban J connectivity index is 2.49. The number of nitrogens with zero attached hydrogens (tertiary/aromatic N) is 1. The molecule has 106 valence electrons. The van der Waals surface area contributed by atoms with Gasteiger partial charge in [-0.15, -0.1) is 0 Å². The van der Waals surface area contributed by atoms with Crippen molar-refractivity contribution in [2.75, 3.05) is 20.8 Å². The van der Waals surface area contributed by atoms with Crippen LogP contribution in [-0.2, 0) is 16.5 Å². The Morgan fingerprint density at radius 2 is 2.00 bits per heavy atom. The molecule has 2 rings (SSSR count). The maximum Gasteiger partial charge on any atom is 0.337 e. The van der Waals surface area contributed by atoms with Gasteiger partial charge in [-0.1, -0.05) is 0 Å². The molecule has 20 heavy (non-hydrogen) atoms. The van der Waals surface area contributed by atoms with Crippen LogP contribution in [0.15, 0.2) is 24.4 Å². The van der Waals surface area contributed by atoms with Gasteiger partial charge in [-0.2, -0.15) is 0 Å². The highest BCUT2D eigenvalue weighted by atomic mass is 16.5. The van der Waals surface area contributed by atoms with Gasteiger partial charge in [0.1, 0.15) is 0 Å². The van der Waals surface area contributed by atoms with Gasteiger partial charge in [-0.25, -0.2) is 4.79 Å². The molecule has 0 fully saturated rings. The lowest BCUT2D eigenvalue weighted by Gasteiger charge is -2.02. The number of aryl methyl sites for hydroxylation is 1. The lowest BCUT2D eigenvalue weighted by molar-refractivity contribution is 0.0600. The van der Waals surface area contributed by atoms with Gasteiger partial charge in [0, 0.05) is 43.2 Å². The number of benzene rings is 1. The van der Waals surface area contributed by atoms with Crippen LogP contribution in [0, 0.1) is 0 Å². The number of methoxy groups -OCH3 is 2. The third-order valence-corrected chi connectivity index (χ3v) is 3.24. The predicted molar refractivity (Wildman–Crippen MR) is 75.1 cm³/mol. The van der Waals surface area contributed by atoms with Gasteiger partial charge in [0.15, 0.2) is 5.78 Å². The van der Waals surface area contributed by atoms with Gasteiger partial charge in [-0.05, 0) is 18.2 Å². The number of carbonyl (C=O) groups is 2. The van der Waals surface area contributed by atoms with Crippen LogP contribution in [0.25, 0.3) is 10.9 Å². The quantitative estimate of drug-likeness (QED) is 0.620. The van der Waals surface area contributed by atoms with Crippen molar-refractivity contribution in [3.05, 3.63) is 35.5 Å². The third-order valence-electron chi connectivity index (χ3n) is 3.24. The smallest absolute Gasteiger partial charge is 0.337 e. The lowest BCUT2D eigenvalue weighted by atomic mass is 10.1. The van der Waals surface area contributed by atoms with Gasteiger partial charge in [-0.3, -0.25) is 4.79 Å². The molecule has 0 aliphatic carbocycles. The zero-order chi connectivity index (χ0) is 14.7. The topological polar surface area (TPSA) is 57.5 Å². The number of esters is 1. The molecule has 2 aromatic rings. The Hall–Kier alpha value is -2.14. The van der Waals surface area contributed by atoms with Crippen LogP contribution < -0.4 is 0 Å². The van der Waals surface area contributed by atoms with E-state index in [2.05, 4.69) is 0 Å². The van der Waals surface area contributed by atoms with Crippen molar-refractivity contribution in [2.24, 2.45) is 7.05 Å². The average molecular weight is 275 g/mol. The van der Waals surface area contributed by atoms with Crippen LogP contribution >= 0.6 is 0 Å². The van der Waals surface area contributed by atoms with Crippen molar-refractivity contribution in [1.82, 2.24) is 4.57 Å². The first-order chi connectivity index (χ1) is 9.58. The number of rotatable bonds is 5. The van der Waals surface area contributed by atoms with Crippen molar-refractivity contribution in [2.45, 2.75) is 6.42 Å². The van der Waals surface area contributed by atoms with Gasteiger partial charge in [0.2, 0.25) is 0 Å². The summed E-state index contributed by atoms with van der Waals surface area (Å²) in [5.41, 5.74) is 1.94. The van der Waals surface area contributed by atoms with Gasteiger partial charge >= 0.3 is 5.97 Å². The van der Waals surface area contributed by atoms with E-state index >= 15 is 0 Å². The fourth-order valence-corrected chi connectivity index (χ4v) is 2.19. The summed E-state index contributed by atoms with van der Waals surface area (Å²) < 4.78 is 11.5. The number of Topliss-reactive ketones (excluding diaryl/α,β-unsaturated/α-hetero) is 1. The van der Waals surface area contributed by atoms with Gasteiger partial charge in [0.25, 0.3) is 0 Å². The van der Waals surface area contributed by atoms with Crippen molar-refractivity contribution in [3.63, 3.8) is 0 Å². The lowest BCUT2D eigenvalue weighted by Crippen LogP contribution is -2.03. The molecular weight excluding hydrogens is 258 g/mol. The Morgan fingerprint density at radius 3 is 2.65 bits per heavy atom. The summed E-state index contributed by atoms with van der Waals surface area (Å²) in [6, 6.07) is 5.20. The Labute approximate surface area is 117 Å². The number of ketones is 1. The maximum absolute atomic E-state index is 12.2. The summed E-state index contributed by atoms with van der Waals surface area (Å²) in [6.45, 7) is 0.381. The third kappa shape index (κ3) is 2.58. The maximum atomic E-state index is 12.2. The van der Waals surface area contributed by atoms with E-state index in [-0.39, 0.29) is 5.78 Å². The largest absolute Gasteiger partial charge is 0.465 e. The minimum Gasteiger partial charge on any atom is -0.465 e. The number of fused-ring (bicyclic) bond motifs is 1. The van der Waals surface area contributed by atoms with E-state index in [1.54, 1.807) is 25.4 Å². The minimum absolute atomic E-state index is 0.000495. The first-order valence-corrected chi connectivity index (χ1v) is 6.28. The van der Waals surface area contributed by atoms with Crippen LogP contribution in [0.1, 0.15) is 27.1 Å². The van der Waals surface area contributed by atoms with Crippen LogP contribution in [0.2, 0.25) is 0 Å². The summed E-state index contributed by atoms with van der Waals surface area (Å²) in [4.78, 5) is 23.8. The number of ether oxygens (including phenoxy) is 2. The number of carbonyl (C=O) groups excluding carboxylic acids is 2. The zero-order valence-electron chi connectivity index (χ0n) is 11.8. The van der Waals surface area contributed by atoms with Crippen molar-refractivity contribution in [3.8, 4) is 0 Å². The van der Waals surface area contributed by atoms with E-state index in [9.17, 15) is 9.59 Å². The van der Waals surface area contributed by atoms with E-state index in [0.717, 1.165) is 10.9 Å². The molecule has 0 radical (unpaired) electrons. The second kappa shape index (κ2) is 5.88. The highest BCUT2D eigenvalue weighted by molar-refractivity contribution is 6.09. The molecular formula is C15H17NO4. The molecule has 0 aliphatic heterocycles. The molecule has 5 heteroatoms. The molecule has 5 nitrogen and oxygen atoms in total. The Morgan fingerprint density at radius 1 is 1.25 bits per heavy atom. The molecule has 0 aliphatic rings. The van der Waals surface area contributed by atoms with E-state index in [1.807, 2.05) is 17.7 Å². The Kier molecular flexibility index (Phi) is 4.20. The molecule has 1 aromatic heterocycles. The number of hydrogen-bond donors (Lipinski definition) is 0. The molecule has 1 aromatic carbocycles. The average Bonchev–Trinajstić information content (AvgIpc) is 2.80. The SMILES string of the molecule is COCCC(=O)c1cn(C)c2ccc(C(=O)OC)cc12. The van der Waals surface area contributed by atoms with E-state index < -0.39 is 5.97 Å². The van der Waals surface area contributed by atoms with Crippen LogP contribution in [0.4, 0.5) is 0 Å². The van der Waals surface area contributed by atoms with Crippen molar-refractivity contribution < 1.29 is 19.1 Å². The van der Waals surface area contributed by atoms with E-state index in [0.29, 0.717) is 24.2 Å². The fraction of sp³-hybridized carbons (Fsp3) is 0.333. The molecule has 0 N–H and O–H groups in total. The number of aromatic nitrogens is 1. The fourth-order valence-electron chi connectivity index (χ4n) is 2.19. The van der Waals surface area contributed by atoms with Crippen LogP contribution in [0.5, 0.6) is 0 Å². The molecule has 0 spiro atoms. The van der Waals surface area contributed by atoms with Crippen molar-refractivity contribution in [1.29, 1.82) is 0 Å². The molecule has 0 amide bonds. The summed E-state index contributed by atoms with van der Waals surface area (Å²) in [5, 5.41) is 0.761. The molecule has 1 heterocycles. The van der Waals surface area contributed by atoms with E-state index in [4.69, 9.17) is 9.47 Å². The first-order valence-electron chi connectivity index (χ1n) is 6.28. The summed E-state index contributed by atoms with van der Waals surface area (Å²) >= 11 is 0. The second-order valence-corrected chi connectivity index (χ2v) is 4.54. The summed E-state index contributed by atoms with van der Waals surface area (Å²) in [5.74, 6) is -0.412. The van der Waals surface area contributed by atoms with Crippen LogP contribution in [0.3, 0.4) is 0 Å². The Bertz CT molecular complexity index is 657. The molecule has 0 unspecified atom stereocenters. The zero-order valence-corrected chi connectivity index (χ0v) is 11.8. The summed E-state index contributed by atoms with van der Waals surface area (Å²) in [6.07, 6.45) is 2.10. The highest BCUT2D eigenvalue weighted by Crippen LogP contribution is 2.23. The predicted octanol–water partition coefficient (Wildman–Crippen LogP) is 2.18. The second-order valence-electron chi connectivity index (χ2n) is 4.54. The van der Waals surface area contributed by atoms with Crippen LogP contribution in [-0.4, -0.2) is 37.1 Å². The number of hydrogen-bond acceptors (Lipinski definition) is 4. The first kappa shape index (κ1) is 14.3. The highest BCUT2D eigenvalue weighted by Gasteiger charge is 2.16. The minimum atomic E-state index is -0.411. The molecule has 0 saturated heterocycles. The monoisotopic (exact) mass is 275 g/mol. The molecule has 0 atom stereocenters. The normalized spacial score (nSPS) is 10.8. The summed E-state index contributed by atoms with van der Waals surface area (Å²) in [7, 11) is 4.77. The van der Waals surface area contributed by atoms with Gasteiger partial charge in [0.05, 0.1) is 19.3 Å². The molecule has 0 bridgehead atoms. The van der Waals surface area contributed by atoms with Crippen molar-refractivity contribution >= 4 is 22.7 Å².